The lowest BCUT2D eigenvalue weighted by Gasteiger charge is -2.09. The third-order valence-corrected chi connectivity index (χ3v) is 3.39. The zero-order valence-electron chi connectivity index (χ0n) is 12.4. The van der Waals surface area contributed by atoms with Crippen LogP contribution in [0, 0.1) is 6.92 Å². The van der Waals surface area contributed by atoms with Crippen molar-refractivity contribution in [2.75, 3.05) is 18.4 Å². The summed E-state index contributed by atoms with van der Waals surface area (Å²) in [6.07, 6.45) is 1.36. The minimum atomic E-state index is 0.0898. The molecule has 3 heteroatoms. The van der Waals surface area contributed by atoms with E-state index in [1.807, 2.05) is 36.4 Å². The molecular formula is C18H22N2O. The van der Waals surface area contributed by atoms with Crippen molar-refractivity contribution in [3.05, 3.63) is 65.7 Å². The van der Waals surface area contributed by atoms with E-state index in [9.17, 15) is 4.79 Å². The van der Waals surface area contributed by atoms with Gasteiger partial charge in [-0.15, -0.1) is 0 Å². The molecule has 110 valence electrons. The van der Waals surface area contributed by atoms with Gasteiger partial charge in [0.05, 0.1) is 0 Å². The fraction of sp³-hybridized carbons (Fsp3) is 0.278. The van der Waals surface area contributed by atoms with Crippen LogP contribution in [0.5, 0.6) is 0 Å². The molecule has 0 saturated carbocycles. The molecule has 2 aromatic rings. The van der Waals surface area contributed by atoms with Gasteiger partial charge >= 0.3 is 0 Å². The summed E-state index contributed by atoms with van der Waals surface area (Å²) in [6.45, 7) is 3.40. The number of anilines is 1. The number of carbonyl (C=O) groups is 1. The van der Waals surface area contributed by atoms with Gasteiger partial charge < -0.3 is 10.6 Å². The number of carbonyl (C=O) groups excluding carboxylic acids is 1. The Bertz CT molecular complexity index is 566. The van der Waals surface area contributed by atoms with Crippen LogP contribution in [-0.4, -0.2) is 19.0 Å². The second-order valence-corrected chi connectivity index (χ2v) is 5.08. The van der Waals surface area contributed by atoms with Crippen LogP contribution in [0.3, 0.4) is 0 Å². The van der Waals surface area contributed by atoms with Gasteiger partial charge in [-0.3, -0.25) is 4.79 Å². The fourth-order valence-electron chi connectivity index (χ4n) is 2.16. The molecule has 0 heterocycles. The summed E-state index contributed by atoms with van der Waals surface area (Å²) in [6, 6.07) is 18.3. The lowest BCUT2D eigenvalue weighted by Crippen LogP contribution is -2.27. The topological polar surface area (TPSA) is 41.1 Å². The highest BCUT2D eigenvalue weighted by molar-refractivity contribution is 5.76. The summed E-state index contributed by atoms with van der Waals surface area (Å²) in [5.41, 5.74) is 3.53. The molecule has 0 aliphatic carbocycles. The molecule has 0 saturated heterocycles. The van der Waals surface area contributed by atoms with E-state index < -0.39 is 0 Å². The third-order valence-electron chi connectivity index (χ3n) is 3.39. The van der Waals surface area contributed by atoms with Gasteiger partial charge in [-0.25, -0.2) is 0 Å². The van der Waals surface area contributed by atoms with E-state index in [1.165, 1.54) is 11.1 Å². The lowest BCUT2D eigenvalue weighted by molar-refractivity contribution is -0.120. The zero-order valence-corrected chi connectivity index (χ0v) is 12.4. The molecule has 0 aromatic heterocycles. The maximum atomic E-state index is 11.8. The number of hydrogen-bond acceptors (Lipinski definition) is 2. The molecule has 1 amide bonds. The first kappa shape index (κ1) is 15.1. The Balaban J connectivity index is 1.63. The first-order chi connectivity index (χ1) is 10.3. The minimum Gasteiger partial charge on any atom is -0.384 e. The molecule has 3 nitrogen and oxygen atoms in total. The number of hydrogen-bond donors (Lipinski definition) is 2. The van der Waals surface area contributed by atoms with E-state index in [0.29, 0.717) is 19.5 Å². The van der Waals surface area contributed by atoms with Crippen molar-refractivity contribution in [2.24, 2.45) is 0 Å². The van der Waals surface area contributed by atoms with Crippen LogP contribution in [0.25, 0.3) is 0 Å². The molecule has 0 aliphatic heterocycles. The molecule has 0 unspecified atom stereocenters. The van der Waals surface area contributed by atoms with Gasteiger partial charge in [0.15, 0.2) is 0 Å². The van der Waals surface area contributed by atoms with Crippen LogP contribution < -0.4 is 10.6 Å². The van der Waals surface area contributed by atoms with Gasteiger partial charge in [0.1, 0.15) is 0 Å². The standard InChI is InChI=1S/C18H22N2O/c1-15-7-5-6-10-17(15)19-14-12-18(21)20-13-11-16-8-3-2-4-9-16/h2-10,19H,11-14H2,1H3,(H,20,21). The second kappa shape index (κ2) is 8.10. The normalized spacial score (nSPS) is 10.1. The van der Waals surface area contributed by atoms with Crippen LogP contribution in [0.2, 0.25) is 0 Å². The van der Waals surface area contributed by atoms with Crippen molar-refractivity contribution in [1.29, 1.82) is 0 Å². The van der Waals surface area contributed by atoms with E-state index in [4.69, 9.17) is 0 Å². The summed E-state index contributed by atoms with van der Waals surface area (Å²) in [5, 5.41) is 6.24. The quantitative estimate of drug-likeness (QED) is 0.819. The first-order valence-corrected chi connectivity index (χ1v) is 7.36. The minimum absolute atomic E-state index is 0.0898. The molecule has 0 fully saturated rings. The van der Waals surface area contributed by atoms with Gasteiger partial charge in [0, 0.05) is 25.2 Å². The number of nitrogens with one attached hydrogen (secondary N) is 2. The van der Waals surface area contributed by atoms with Crippen molar-refractivity contribution in [3.63, 3.8) is 0 Å². The Morgan fingerprint density at radius 1 is 0.952 bits per heavy atom. The summed E-state index contributed by atoms with van der Waals surface area (Å²) in [7, 11) is 0. The average Bonchev–Trinajstić information content (AvgIpc) is 2.50. The predicted molar refractivity (Wildman–Crippen MR) is 87.4 cm³/mol. The van der Waals surface area contributed by atoms with E-state index in [2.05, 4.69) is 35.8 Å². The van der Waals surface area contributed by atoms with Crippen molar-refractivity contribution in [3.8, 4) is 0 Å². The van der Waals surface area contributed by atoms with Crippen LogP contribution in [0.4, 0.5) is 5.69 Å². The summed E-state index contributed by atoms with van der Waals surface area (Å²) < 4.78 is 0. The predicted octanol–water partition coefficient (Wildman–Crippen LogP) is 3.16. The summed E-state index contributed by atoms with van der Waals surface area (Å²) in [4.78, 5) is 11.8. The molecule has 2 N–H and O–H groups in total. The van der Waals surface area contributed by atoms with Crippen LogP contribution >= 0.6 is 0 Å². The Morgan fingerprint density at radius 2 is 1.67 bits per heavy atom. The van der Waals surface area contributed by atoms with E-state index >= 15 is 0 Å². The molecule has 21 heavy (non-hydrogen) atoms. The van der Waals surface area contributed by atoms with Crippen LogP contribution in [-0.2, 0) is 11.2 Å². The maximum absolute atomic E-state index is 11.8. The zero-order chi connectivity index (χ0) is 14.9. The summed E-state index contributed by atoms with van der Waals surface area (Å²) >= 11 is 0. The van der Waals surface area contributed by atoms with Gasteiger partial charge in [-0.1, -0.05) is 48.5 Å². The first-order valence-electron chi connectivity index (χ1n) is 7.36. The molecule has 0 atom stereocenters. The highest BCUT2D eigenvalue weighted by Crippen LogP contribution is 2.12. The van der Waals surface area contributed by atoms with Gasteiger partial charge in [-0.2, -0.15) is 0 Å². The van der Waals surface area contributed by atoms with Gasteiger partial charge in [-0.05, 0) is 30.5 Å². The van der Waals surface area contributed by atoms with Crippen molar-refractivity contribution in [1.82, 2.24) is 5.32 Å². The molecule has 2 rings (SSSR count). The van der Waals surface area contributed by atoms with E-state index in [-0.39, 0.29) is 5.91 Å². The molecule has 0 bridgehead atoms. The number of benzene rings is 2. The molecular weight excluding hydrogens is 260 g/mol. The highest BCUT2D eigenvalue weighted by Gasteiger charge is 2.01. The Kier molecular flexibility index (Phi) is 5.83. The van der Waals surface area contributed by atoms with Crippen molar-refractivity contribution >= 4 is 11.6 Å². The van der Waals surface area contributed by atoms with Crippen LogP contribution in [0.15, 0.2) is 54.6 Å². The van der Waals surface area contributed by atoms with Crippen molar-refractivity contribution < 1.29 is 4.79 Å². The van der Waals surface area contributed by atoms with E-state index in [0.717, 1.165) is 12.1 Å². The highest BCUT2D eigenvalue weighted by atomic mass is 16.1. The second-order valence-electron chi connectivity index (χ2n) is 5.08. The smallest absolute Gasteiger partial charge is 0.221 e. The number of amides is 1. The van der Waals surface area contributed by atoms with E-state index in [1.54, 1.807) is 0 Å². The molecule has 0 aliphatic rings. The third kappa shape index (κ3) is 5.30. The van der Waals surface area contributed by atoms with Gasteiger partial charge in [0.25, 0.3) is 0 Å². The Morgan fingerprint density at radius 3 is 2.43 bits per heavy atom. The largest absolute Gasteiger partial charge is 0.384 e. The molecule has 2 aromatic carbocycles. The number of rotatable bonds is 7. The SMILES string of the molecule is Cc1ccccc1NCCC(=O)NCCc1ccccc1. The average molecular weight is 282 g/mol. The summed E-state index contributed by atoms with van der Waals surface area (Å²) in [5.74, 6) is 0.0898. The van der Waals surface area contributed by atoms with Gasteiger partial charge in [0.2, 0.25) is 5.91 Å². The maximum Gasteiger partial charge on any atom is 0.221 e. The fourth-order valence-corrected chi connectivity index (χ4v) is 2.16. The lowest BCUT2D eigenvalue weighted by atomic mass is 10.1. The number of aryl methyl sites for hydroxylation is 1. The Hall–Kier alpha value is -2.29. The number of para-hydroxylation sites is 1. The van der Waals surface area contributed by atoms with Crippen LogP contribution in [0.1, 0.15) is 17.5 Å². The Labute approximate surface area is 126 Å². The van der Waals surface area contributed by atoms with Crippen molar-refractivity contribution in [2.45, 2.75) is 19.8 Å². The molecule has 0 spiro atoms. The monoisotopic (exact) mass is 282 g/mol. The molecule has 0 radical (unpaired) electrons.